The molecule has 1 N–H and O–H groups in total. The third-order valence-corrected chi connectivity index (χ3v) is 7.54. The maximum Gasteiger partial charge on any atom is 0.339 e. The fourth-order valence-electron chi connectivity index (χ4n) is 6.65. The van der Waals surface area contributed by atoms with Crippen molar-refractivity contribution in [1.82, 2.24) is 5.32 Å². The summed E-state index contributed by atoms with van der Waals surface area (Å²) in [6.45, 7) is 1.93. The van der Waals surface area contributed by atoms with E-state index in [1.807, 2.05) is 19.1 Å². The summed E-state index contributed by atoms with van der Waals surface area (Å²) >= 11 is 0. The summed E-state index contributed by atoms with van der Waals surface area (Å²) in [5, 5.41) is 4.29. The topological polar surface area (TPSA) is 68.5 Å². The average molecular weight is 395 g/mol. The number of ether oxygens (including phenoxy) is 1. The van der Waals surface area contributed by atoms with Crippen molar-refractivity contribution < 1.29 is 13.9 Å². The summed E-state index contributed by atoms with van der Waals surface area (Å²) in [5.74, 6) is 3.12. The van der Waals surface area contributed by atoms with Gasteiger partial charge < -0.3 is 14.5 Å². The Bertz CT molecular complexity index is 986. The summed E-state index contributed by atoms with van der Waals surface area (Å²) in [7, 11) is 1.59. The maximum atomic E-state index is 12.8. The second kappa shape index (κ2) is 6.89. The molecule has 4 aliphatic carbocycles. The molecule has 6 rings (SSSR count). The van der Waals surface area contributed by atoms with Crippen molar-refractivity contribution in [3.05, 3.63) is 39.7 Å². The number of rotatable bonds is 5. The van der Waals surface area contributed by atoms with Crippen molar-refractivity contribution in [2.24, 2.45) is 17.8 Å². The number of methoxy groups -OCH3 is 1. The Morgan fingerprint density at radius 2 is 1.83 bits per heavy atom. The predicted octanol–water partition coefficient (Wildman–Crippen LogP) is 4.13. The monoisotopic (exact) mass is 395 g/mol. The van der Waals surface area contributed by atoms with Gasteiger partial charge in [0.05, 0.1) is 7.11 Å². The SMILES string of the molecule is COc1ccc2c(C)c(CCC(=O)NC34CC5CC(CC(C5)C3)C4)c(=O)oc2c1. The smallest absolute Gasteiger partial charge is 0.339 e. The van der Waals surface area contributed by atoms with Crippen LogP contribution in [0.3, 0.4) is 0 Å². The van der Waals surface area contributed by atoms with Crippen LogP contribution in [0.1, 0.15) is 56.1 Å². The molecule has 1 heterocycles. The maximum absolute atomic E-state index is 12.8. The molecule has 1 amide bonds. The largest absolute Gasteiger partial charge is 0.497 e. The van der Waals surface area contributed by atoms with Gasteiger partial charge in [-0.25, -0.2) is 4.79 Å². The number of carbonyl (C=O) groups is 1. The number of benzene rings is 1. The molecule has 4 bridgehead atoms. The number of fused-ring (bicyclic) bond motifs is 1. The molecular weight excluding hydrogens is 366 g/mol. The van der Waals surface area contributed by atoms with E-state index < -0.39 is 0 Å². The van der Waals surface area contributed by atoms with Crippen molar-refractivity contribution in [1.29, 1.82) is 0 Å². The molecule has 0 spiro atoms. The first-order chi connectivity index (χ1) is 13.9. The van der Waals surface area contributed by atoms with E-state index in [4.69, 9.17) is 9.15 Å². The third-order valence-electron chi connectivity index (χ3n) is 7.54. The molecule has 154 valence electrons. The van der Waals surface area contributed by atoms with Gasteiger partial charge in [-0.3, -0.25) is 4.79 Å². The van der Waals surface area contributed by atoms with Gasteiger partial charge >= 0.3 is 5.63 Å². The van der Waals surface area contributed by atoms with Gasteiger partial charge in [0, 0.05) is 29.0 Å². The third kappa shape index (κ3) is 3.34. The lowest BCUT2D eigenvalue weighted by molar-refractivity contribution is -0.126. The minimum atomic E-state index is -0.356. The zero-order valence-corrected chi connectivity index (χ0v) is 17.3. The van der Waals surface area contributed by atoms with E-state index in [2.05, 4.69) is 5.32 Å². The lowest BCUT2D eigenvalue weighted by atomic mass is 9.53. The summed E-state index contributed by atoms with van der Waals surface area (Å²) in [6, 6.07) is 5.50. The van der Waals surface area contributed by atoms with Crippen molar-refractivity contribution in [2.45, 2.75) is 63.8 Å². The molecule has 5 nitrogen and oxygen atoms in total. The standard InChI is InChI=1S/C24H29NO4/c1-14-19-4-3-18(28-2)10-21(19)29-23(27)20(14)5-6-22(26)25-24-11-15-7-16(12-24)9-17(8-15)13-24/h3-4,10,15-17H,5-9,11-13H2,1-2H3,(H,25,26). The van der Waals surface area contributed by atoms with E-state index >= 15 is 0 Å². The van der Waals surface area contributed by atoms with Gasteiger partial charge in [0.25, 0.3) is 0 Å². The van der Waals surface area contributed by atoms with Gasteiger partial charge in [0.1, 0.15) is 11.3 Å². The summed E-state index contributed by atoms with van der Waals surface area (Å²) in [5.41, 5.74) is 1.68. The van der Waals surface area contributed by atoms with Crippen LogP contribution in [0.2, 0.25) is 0 Å². The first-order valence-electron chi connectivity index (χ1n) is 10.9. The Kier molecular flexibility index (Phi) is 4.45. The van der Waals surface area contributed by atoms with Crippen LogP contribution in [0, 0.1) is 24.7 Å². The predicted molar refractivity (Wildman–Crippen MR) is 111 cm³/mol. The van der Waals surface area contributed by atoms with Crippen LogP contribution in [0.4, 0.5) is 0 Å². The number of aryl methyl sites for hydroxylation is 1. The molecule has 1 aromatic carbocycles. The molecule has 0 unspecified atom stereocenters. The quantitative estimate of drug-likeness (QED) is 0.773. The number of hydrogen-bond acceptors (Lipinski definition) is 4. The lowest BCUT2D eigenvalue weighted by Crippen LogP contribution is -2.59. The van der Waals surface area contributed by atoms with Crippen LogP contribution >= 0.6 is 0 Å². The van der Waals surface area contributed by atoms with Gasteiger partial charge in [-0.05, 0) is 87.3 Å². The second-order valence-corrected chi connectivity index (χ2v) is 9.60. The van der Waals surface area contributed by atoms with Gasteiger partial charge in [-0.1, -0.05) is 0 Å². The van der Waals surface area contributed by atoms with E-state index in [0.29, 0.717) is 29.7 Å². The van der Waals surface area contributed by atoms with Crippen molar-refractivity contribution in [3.63, 3.8) is 0 Å². The number of hydrogen-bond donors (Lipinski definition) is 1. The van der Waals surface area contributed by atoms with E-state index in [1.165, 1.54) is 19.3 Å². The van der Waals surface area contributed by atoms with E-state index in [-0.39, 0.29) is 17.1 Å². The van der Waals surface area contributed by atoms with Gasteiger partial charge in [-0.2, -0.15) is 0 Å². The van der Waals surface area contributed by atoms with Crippen LogP contribution in [-0.4, -0.2) is 18.6 Å². The van der Waals surface area contributed by atoms with Crippen LogP contribution < -0.4 is 15.7 Å². The minimum Gasteiger partial charge on any atom is -0.497 e. The Labute approximate surface area is 170 Å². The number of carbonyl (C=O) groups excluding carboxylic acids is 1. The summed E-state index contributed by atoms with van der Waals surface area (Å²) < 4.78 is 10.7. The molecule has 4 aliphatic rings. The molecule has 29 heavy (non-hydrogen) atoms. The number of amides is 1. The van der Waals surface area contributed by atoms with Crippen LogP contribution in [0.15, 0.2) is 27.4 Å². The zero-order valence-electron chi connectivity index (χ0n) is 17.3. The molecular formula is C24H29NO4. The fourth-order valence-corrected chi connectivity index (χ4v) is 6.65. The Morgan fingerprint density at radius 3 is 2.45 bits per heavy atom. The summed E-state index contributed by atoms with van der Waals surface area (Å²) in [4.78, 5) is 25.3. The lowest BCUT2D eigenvalue weighted by Gasteiger charge is -2.56. The molecule has 1 aromatic heterocycles. The average Bonchev–Trinajstić information content (AvgIpc) is 2.65. The highest BCUT2D eigenvalue weighted by atomic mass is 16.5. The van der Waals surface area contributed by atoms with Gasteiger partial charge in [0.2, 0.25) is 5.91 Å². The molecule has 0 aliphatic heterocycles. The van der Waals surface area contributed by atoms with Crippen molar-refractivity contribution in [3.8, 4) is 5.75 Å². The Morgan fingerprint density at radius 1 is 1.17 bits per heavy atom. The zero-order chi connectivity index (χ0) is 20.2. The van der Waals surface area contributed by atoms with Crippen LogP contribution in [-0.2, 0) is 11.2 Å². The molecule has 4 fully saturated rings. The first-order valence-corrected chi connectivity index (χ1v) is 10.9. The molecule has 0 atom stereocenters. The highest BCUT2D eigenvalue weighted by molar-refractivity contribution is 5.83. The minimum absolute atomic E-state index is 0.0193. The van der Waals surface area contributed by atoms with Gasteiger partial charge in [-0.15, -0.1) is 0 Å². The molecule has 2 aromatic rings. The Hall–Kier alpha value is -2.30. The highest BCUT2D eigenvalue weighted by Gasteiger charge is 2.51. The van der Waals surface area contributed by atoms with Gasteiger partial charge in [0.15, 0.2) is 0 Å². The molecule has 0 radical (unpaired) electrons. The first kappa shape index (κ1) is 18.7. The van der Waals surface area contributed by atoms with Crippen molar-refractivity contribution >= 4 is 16.9 Å². The fraction of sp³-hybridized carbons (Fsp3) is 0.583. The van der Waals surface area contributed by atoms with Crippen LogP contribution in [0.5, 0.6) is 5.75 Å². The molecule has 4 saturated carbocycles. The molecule has 5 heteroatoms. The number of nitrogens with one attached hydrogen (secondary N) is 1. The second-order valence-electron chi connectivity index (χ2n) is 9.60. The summed E-state index contributed by atoms with van der Waals surface area (Å²) in [6.07, 6.45) is 8.24. The Balaban J connectivity index is 1.30. The molecule has 0 saturated heterocycles. The van der Waals surface area contributed by atoms with E-state index in [0.717, 1.165) is 48.0 Å². The normalized spacial score (nSPS) is 29.9. The van der Waals surface area contributed by atoms with Crippen LogP contribution in [0.25, 0.3) is 11.0 Å². The van der Waals surface area contributed by atoms with E-state index in [9.17, 15) is 9.59 Å². The van der Waals surface area contributed by atoms with Crippen molar-refractivity contribution in [2.75, 3.05) is 7.11 Å². The van der Waals surface area contributed by atoms with E-state index in [1.54, 1.807) is 13.2 Å². The highest BCUT2D eigenvalue weighted by Crippen LogP contribution is 2.55.